The van der Waals surface area contributed by atoms with Crippen LogP contribution in [0.1, 0.15) is 39.3 Å². The molecule has 0 aliphatic heterocycles. The van der Waals surface area contributed by atoms with Gasteiger partial charge in [0.25, 0.3) is 5.91 Å². The smallest absolute Gasteiger partial charge is 0.270 e. The van der Waals surface area contributed by atoms with E-state index in [1.54, 1.807) is 24.4 Å². The fourth-order valence-electron chi connectivity index (χ4n) is 4.75. The van der Waals surface area contributed by atoms with Crippen LogP contribution in [0.4, 0.5) is 0 Å². The van der Waals surface area contributed by atoms with Gasteiger partial charge in [0.2, 0.25) is 0 Å². The predicted molar refractivity (Wildman–Crippen MR) is 147 cm³/mol. The molecule has 0 saturated heterocycles. The Hall–Kier alpha value is -5.04. The number of H-pyrrole nitrogens is 1. The van der Waals surface area contributed by atoms with Gasteiger partial charge < -0.3 is 10.3 Å². The van der Waals surface area contributed by atoms with Crippen molar-refractivity contribution in [2.24, 2.45) is 0 Å². The van der Waals surface area contributed by atoms with E-state index < -0.39 is 6.04 Å². The van der Waals surface area contributed by atoms with Gasteiger partial charge in [-0.3, -0.25) is 14.3 Å². The van der Waals surface area contributed by atoms with Crippen LogP contribution in [0.2, 0.25) is 0 Å². The van der Waals surface area contributed by atoms with Crippen LogP contribution < -0.4 is 5.32 Å². The molecule has 0 aliphatic rings. The van der Waals surface area contributed by atoms with E-state index in [1.165, 1.54) is 5.56 Å². The molecule has 0 spiro atoms. The van der Waals surface area contributed by atoms with Gasteiger partial charge >= 0.3 is 0 Å². The number of nitrogens with zero attached hydrogens (tertiary/aromatic N) is 4. The fourth-order valence-corrected chi connectivity index (χ4v) is 4.75. The molecule has 186 valence electrons. The lowest BCUT2D eigenvalue weighted by Gasteiger charge is -2.20. The van der Waals surface area contributed by atoms with Crippen LogP contribution in [0.5, 0.6) is 0 Å². The zero-order chi connectivity index (χ0) is 25.7. The molecule has 0 bridgehead atoms. The zero-order valence-corrected chi connectivity index (χ0v) is 20.7. The minimum atomic E-state index is -0.571. The van der Waals surface area contributed by atoms with E-state index in [1.807, 2.05) is 79.0 Å². The van der Waals surface area contributed by atoms with Gasteiger partial charge in [-0.05, 0) is 42.3 Å². The number of aromatic nitrogens is 5. The Morgan fingerprint density at radius 1 is 0.816 bits per heavy atom. The molecule has 2 N–H and O–H groups in total. The highest BCUT2D eigenvalue weighted by Gasteiger charge is 2.28. The second-order valence-electron chi connectivity index (χ2n) is 9.04. The number of benzene rings is 3. The zero-order valence-electron chi connectivity index (χ0n) is 20.7. The normalized spacial score (nSPS) is 11.9. The highest BCUT2D eigenvalue weighted by atomic mass is 16.2. The molecule has 3 heterocycles. The lowest BCUT2D eigenvalue weighted by Crippen LogP contribution is -2.32. The number of hydrogen-bond acceptors (Lipinski definition) is 4. The maximum absolute atomic E-state index is 13.4. The summed E-state index contributed by atoms with van der Waals surface area (Å²) in [6.45, 7) is 0. The molecule has 1 atom stereocenters. The van der Waals surface area contributed by atoms with Gasteiger partial charge in [-0.1, -0.05) is 72.8 Å². The van der Waals surface area contributed by atoms with E-state index in [-0.39, 0.29) is 5.91 Å². The first-order chi connectivity index (χ1) is 18.8. The summed E-state index contributed by atoms with van der Waals surface area (Å²) in [5.74, 6) is 1.18. The van der Waals surface area contributed by atoms with Crippen molar-refractivity contribution in [2.75, 3.05) is 0 Å². The lowest BCUT2D eigenvalue weighted by atomic mass is 10.0. The first kappa shape index (κ1) is 23.4. The molecule has 6 aromatic rings. The highest BCUT2D eigenvalue weighted by molar-refractivity contribution is 5.93. The largest absolute Gasteiger partial charge is 0.361 e. The van der Waals surface area contributed by atoms with Gasteiger partial charge in [0.15, 0.2) is 5.82 Å². The van der Waals surface area contributed by atoms with Crippen LogP contribution in [0, 0.1) is 0 Å². The minimum absolute atomic E-state index is 0.283. The second-order valence-corrected chi connectivity index (χ2v) is 9.04. The summed E-state index contributed by atoms with van der Waals surface area (Å²) in [6, 6.07) is 33.1. The van der Waals surface area contributed by atoms with Crippen LogP contribution in [-0.2, 0) is 12.8 Å². The third kappa shape index (κ3) is 4.69. The summed E-state index contributed by atoms with van der Waals surface area (Å²) < 4.78 is 2.06. The summed E-state index contributed by atoms with van der Waals surface area (Å²) in [5, 5.41) is 13.5. The van der Waals surface area contributed by atoms with Crippen LogP contribution in [0.3, 0.4) is 0 Å². The second kappa shape index (κ2) is 10.5. The van der Waals surface area contributed by atoms with Crippen molar-refractivity contribution < 1.29 is 4.79 Å². The number of rotatable bonds is 8. The van der Waals surface area contributed by atoms with E-state index in [2.05, 4.69) is 42.2 Å². The summed E-state index contributed by atoms with van der Waals surface area (Å²) >= 11 is 0. The Kier molecular flexibility index (Phi) is 6.47. The summed E-state index contributed by atoms with van der Waals surface area (Å²) in [4.78, 5) is 21.0. The van der Waals surface area contributed by atoms with Crippen LogP contribution in [0.15, 0.2) is 116 Å². The molecule has 0 aliphatic carbocycles. The Labute approximate surface area is 220 Å². The number of amides is 1. The number of carbonyl (C=O) groups excluding carboxylic acids is 1. The molecule has 38 heavy (non-hydrogen) atoms. The van der Waals surface area contributed by atoms with Gasteiger partial charge in [-0.15, -0.1) is 10.2 Å². The number of para-hydroxylation sites is 2. The quantitative estimate of drug-likeness (QED) is 0.292. The number of pyridine rings is 1. The molecular formula is C31H26N6O. The Morgan fingerprint density at radius 2 is 1.55 bits per heavy atom. The van der Waals surface area contributed by atoms with Crippen LogP contribution in [0.25, 0.3) is 16.6 Å². The maximum atomic E-state index is 13.4. The number of nitrogens with one attached hydrogen (secondary N) is 2. The van der Waals surface area contributed by atoms with Gasteiger partial charge in [0.1, 0.15) is 17.6 Å². The van der Waals surface area contributed by atoms with Crippen molar-refractivity contribution in [3.63, 3.8) is 0 Å². The van der Waals surface area contributed by atoms with E-state index in [9.17, 15) is 4.79 Å². The predicted octanol–water partition coefficient (Wildman–Crippen LogP) is 5.45. The SMILES string of the molecule is O=C(N[C@H](c1c[nH]c2ccccc12)c1nnc(CCc2ccccc2)n1-c1ccccc1)c1ccccn1. The molecule has 0 saturated carbocycles. The average Bonchev–Trinajstić information content (AvgIpc) is 3.61. The monoisotopic (exact) mass is 498 g/mol. The van der Waals surface area contributed by atoms with Crippen molar-refractivity contribution >= 4 is 16.8 Å². The van der Waals surface area contributed by atoms with Gasteiger partial charge in [-0.25, -0.2) is 0 Å². The molecule has 3 aromatic heterocycles. The van der Waals surface area contributed by atoms with E-state index in [0.29, 0.717) is 17.9 Å². The first-order valence-corrected chi connectivity index (χ1v) is 12.6. The van der Waals surface area contributed by atoms with E-state index in [0.717, 1.165) is 34.4 Å². The summed E-state index contributed by atoms with van der Waals surface area (Å²) in [7, 11) is 0. The first-order valence-electron chi connectivity index (χ1n) is 12.6. The fraction of sp³-hybridized carbons (Fsp3) is 0.0968. The third-order valence-electron chi connectivity index (χ3n) is 6.61. The Bertz CT molecular complexity index is 1660. The van der Waals surface area contributed by atoms with Crippen LogP contribution >= 0.6 is 0 Å². The molecule has 1 amide bonds. The summed E-state index contributed by atoms with van der Waals surface area (Å²) in [5.41, 5.74) is 4.40. The Morgan fingerprint density at radius 3 is 2.34 bits per heavy atom. The van der Waals surface area contributed by atoms with Crippen LogP contribution in [-0.4, -0.2) is 30.6 Å². The molecule has 6 rings (SSSR count). The molecule has 0 fully saturated rings. The van der Waals surface area contributed by atoms with Crippen molar-refractivity contribution in [3.05, 3.63) is 144 Å². The van der Waals surface area contributed by atoms with Crippen molar-refractivity contribution in [1.82, 2.24) is 30.0 Å². The molecule has 7 nitrogen and oxygen atoms in total. The summed E-state index contributed by atoms with van der Waals surface area (Å²) in [6.07, 6.45) is 5.07. The number of hydrogen-bond donors (Lipinski definition) is 2. The van der Waals surface area contributed by atoms with Gasteiger partial charge in [0.05, 0.1) is 0 Å². The minimum Gasteiger partial charge on any atom is -0.361 e. The number of carbonyl (C=O) groups is 1. The average molecular weight is 499 g/mol. The number of aromatic amines is 1. The van der Waals surface area contributed by atoms with Crippen molar-refractivity contribution in [1.29, 1.82) is 0 Å². The Balaban J connectivity index is 1.47. The van der Waals surface area contributed by atoms with E-state index in [4.69, 9.17) is 0 Å². The topological polar surface area (TPSA) is 88.5 Å². The molecule has 7 heteroatoms. The standard InChI is InChI=1S/C31H26N6O/c38-31(27-17-9-10-20-32-27)34-29(25-21-33-26-16-8-7-15-24(25)26)30-36-35-28(19-18-22-11-3-1-4-12-22)37(30)23-13-5-2-6-14-23/h1-17,20-21,29,33H,18-19H2,(H,34,38)/t29-/m1/s1. The van der Waals surface area contributed by atoms with Gasteiger partial charge in [0, 0.05) is 41.0 Å². The molecular weight excluding hydrogens is 472 g/mol. The van der Waals surface area contributed by atoms with E-state index >= 15 is 0 Å². The molecule has 0 unspecified atom stereocenters. The third-order valence-corrected chi connectivity index (χ3v) is 6.61. The highest BCUT2D eigenvalue weighted by Crippen LogP contribution is 2.30. The van der Waals surface area contributed by atoms with Crippen molar-refractivity contribution in [2.45, 2.75) is 18.9 Å². The number of fused-ring (bicyclic) bond motifs is 1. The van der Waals surface area contributed by atoms with Gasteiger partial charge in [-0.2, -0.15) is 0 Å². The molecule has 0 radical (unpaired) electrons. The molecule has 3 aromatic carbocycles. The van der Waals surface area contributed by atoms with Crippen molar-refractivity contribution in [3.8, 4) is 5.69 Å². The number of aryl methyl sites for hydroxylation is 2. The lowest BCUT2D eigenvalue weighted by molar-refractivity contribution is 0.0936. The maximum Gasteiger partial charge on any atom is 0.270 e.